The van der Waals surface area contributed by atoms with Gasteiger partial charge in [-0.2, -0.15) is 0 Å². The summed E-state index contributed by atoms with van der Waals surface area (Å²) < 4.78 is 5.10. The van der Waals surface area contributed by atoms with Crippen LogP contribution < -0.4 is 16.4 Å². The summed E-state index contributed by atoms with van der Waals surface area (Å²) in [6.07, 6.45) is 5.05. The lowest BCUT2D eigenvalue weighted by Crippen LogP contribution is -2.31. The summed E-state index contributed by atoms with van der Waals surface area (Å²) in [6, 6.07) is 13.2. The van der Waals surface area contributed by atoms with E-state index in [-0.39, 0.29) is 17.4 Å². The average molecular weight is 607 g/mol. The Morgan fingerprint density at radius 2 is 1.98 bits per heavy atom. The smallest absolute Gasteiger partial charge is 0.278 e. The molecule has 0 radical (unpaired) electrons. The summed E-state index contributed by atoms with van der Waals surface area (Å²) in [6.45, 7) is 8.93. The van der Waals surface area contributed by atoms with E-state index in [2.05, 4.69) is 43.9 Å². The Morgan fingerprint density at radius 3 is 2.67 bits per heavy atom. The molecule has 0 aliphatic heterocycles. The van der Waals surface area contributed by atoms with E-state index in [0.717, 1.165) is 16.2 Å². The molecule has 4 N–H and O–H groups in total. The van der Waals surface area contributed by atoms with E-state index in [1.54, 1.807) is 34.9 Å². The van der Waals surface area contributed by atoms with Crippen LogP contribution >= 0.6 is 21.6 Å². The number of pyridine rings is 1. The Balaban J connectivity index is 1.57. The minimum absolute atomic E-state index is 0.0172. The number of benzene rings is 1. The van der Waals surface area contributed by atoms with Crippen molar-refractivity contribution in [1.82, 2.24) is 30.5 Å². The summed E-state index contributed by atoms with van der Waals surface area (Å²) in [7, 11) is 6.57. The highest BCUT2D eigenvalue weighted by atomic mass is 33.1. The molecular formula is C29H34N8O3S2. The number of carbonyl (C=O) groups excluding carboxylic acids is 2. The van der Waals surface area contributed by atoms with Crippen LogP contribution in [0.3, 0.4) is 0 Å². The van der Waals surface area contributed by atoms with E-state index in [9.17, 15) is 9.59 Å². The number of aromatic nitrogens is 3. The van der Waals surface area contributed by atoms with Crippen LogP contribution in [0.5, 0.6) is 0 Å². The monoisotopic (exact) mass is 606 g/mol. The number of nitrogens with one attached hydrogen (secondary N) is 2. The Morgan fingerprint density at radius 1 is 1.19 bits per heavy atom. The first-order chi connectivity index (χ1) is 20.3. The second kappa shape index (κ2) is 16.9. The molecule has 2 heterocycles. The number of hydrogen-bond acceptors (Lipinski definition) is 11. The molecule has 42 heavy (non-hydrogen) atoms. The molecule has 220 valence electrons. The minimum Gasteiger partial charge on any atom is -0.383 e. The second-order valence-electron chi connectivity index (χ2n) is 8.83. The Kier molecular flexibility index (Phi) is 13.0. The Labute approximate surface area is 253 Å². The number of hydrogen-bond donors (Lipinski definition) is 3. The molecule has 0 saturated heterocycles. The number of likely N-dealkylation sites (N-methyl/N-ethyl adjacent to an activating group) is 1. The summed E-state index contributed by atoms with van der Waals surface area (Å²) in [5, 5.41) is 6.60. The topological polar surface area (TPSA) is 148 Å². The van der Waals surface area contributed by atoms with Gasteiger partial charge in [0.2, 0.25) is 5.91 Å². The van der Waals surface area contributed by atoms with Crippen molar-refractivity contribution in [3.63, 3.8) is 0 Å². The number of methoxy groups -OCH3 is 1. The Hall–Kier alpha value is -4.20. The molecule has 3 rings (SSSR count). The highest BCUT2D eigenvalue weighted by Crippen LogP contribution is 2.29. The zero-order valence-electron chi connectivity index (χ0n) is 23.6. The molecule has 0 aliphatic rings. The number of rotatable bonds is 16. The van der Waals surface area contributed by atoms with E-state index >= 15 is 0 Å². The van der Waals surface area contributed by atoms with Gasteiger partial charge in [0.25, 0.3) is 5.91 Å². The molecule has 0 saturated carbocycles. The van der Waals surface area contributed by atoms with Gasteiger partial charge in [0.05, 0.1) is 36.1 Å². The van der Waals surface area contributed by atoms with Crippen molar-refractivity contribution in [3.8, 4) is 11.3 Å². The number of nitrogen functional groups attached to an aromatic ring is 1. The van der Waals surface area contributed by atoms with Crippen molar-refractivity contribution in [2.75, 3.05) is 38.8 Å². The van der Waals surface area contributed by atoms with Gasteiger partial charge < -0.3 is 26.0 Å². The number of aliphatic imine (C=N–C) groups is 1. The molecule has 2 amide bonds. The van der Waals surface area contributed by atoms with Gasteiger partial charge in [0, 0.05) is 51.2 Å². The normalized spacial score (nSPS) is 11.0. The van der Waals surface area contributed by atoms with E-state index in [1.807, 2.05) is 54.4 Å². The molecule has 0 fully saturated rings. The Bertz CT molecular complexity index is 1400. The molecule has 0 unspecified atom stereocenters. The predicted octanol–water partition coefficient (Wildman–Crippen LogP) is 3.93. The van der Waals surface area contributed by atoms with Crippen molar-refractivity contribution in [2.24, 2.45) is 4.99 Å². The molecule has 0 bridgehead atoms. The second-order valence-corrected chi connectivity index (χ2v) is 11.3. The fraction of sp³-hybridized carbons (Fsp3) is 0.241. The highest BCUT2D eigenvalue weighted by Gasteiger charge is 2.18. The fourth-order valence-corrected chi connectivity index (χ4v) is 5.31. The van der Waals surface area contributed by atoms with Crippen LogP contribution in [-0.2, 0) is 16.1 Å². The lowest BCUT2D eigenvalue weighted by atomic mass is 10.1. The average Bonchev–Trinajstić information content (AvgIpc) is 3.01. The SMILES string of the molecule is C=N/C=C(/NC(=O)c1nc(-c2ccc(CNC(=O)CCSSc3ccccn3)cc2)cnc1N)C(=C)N(C)CCOC. The summed E-state index contributed by atoms with van der Waals surface area (Å²) in [5.74, 6) is 0.0730. The maximum absolute atomic E-state index is 13.1. The van der Waals surface area contributed by atoms with Crippen LogP contribution in [0.2, 0.25) is 0 Å². The minimum atomic E-state index is -0.561. The van der Waals surface area contributed by atoms with Crippen molar-refractivity contribution >= 4 is 45.9 Å². The third kappa shape index (κ3) is 10.0. The zero-order chi connectivity index (χ0) is 30.3. The number of amides is 2. The van der Waals surface area contributed by atoms with Crippen molar-refractivity contribution in [2.45, 2.75) is 18.0 Å². The zero-order valence-corrected chi connectivity index (χ0v) is 25.2. The lowest BCUT2D eigenvalue weighted by molar-refractivity contribution is -0.120. The van der Waals surface area contributed by atoms with Crippen LogP contribution in [0.4, 0.5) is 5.82 Å². The van der Waals surface area contributed by atoms with Crippen LogP contribution in [0, 0.1) is 0 Å². The highest BCUT2D eigenvalue weighted by molar-refractivity contribution is 8.76. The van der Waals surface area contributed by atoms with Crippen LogP contribution in [0.15, 0.2) is 89.0 Å². The molecule has 2 aromatic heterocycles. The van der Waals surface area contributed by atoms with Crippen molar-refractivity contribution in [1.29, 1.82) is 0 Å². The number of nitrogens with zero attached hydrogens (tertiary/aromatic N) is 5. The third-order valence-electron chi connectivity index (χ3n) is 5.82. The first kappa shape index (κ1) is 32.3. The molecular weight excluding hydrogens is 573 g/mol. The van der Waals surface area contributed by atoms with Gasteiger partial charge in [0.1, 0.15) is 5.03 Å². The fourth-order valence-electron chi connectivity index (χ4n) is 3.44. The van der Waals surface area contributed by atoms with Gasteiger partial charge in [-0.15, -0.1) is 0 Å². The maximum Gasteiger partial charge on any atom is 0.278 e. The molecule has 1 aromatic carbocycles. The van der Waals surface area contributed by atoms with Gasteiger partial charge in [-0.3, -0.25) is 14.6 Å². The van der Waals surface area contributed by atoms with Gasteiger partial charge in [-0.1, -0.05) is 47.7 Å². The van der Waals surface area contributed by atoms with E-state index in [0.29, 0.717) is 49.0 Å². The van der Waals surface area contributed by atoms with Gasteiger partial charge in [0.15, 0.2) is 11.5 Å². The van der Waals surface area contributed by atoms with E-state index in [1.165, 1.54) is 12.4 Å². The summed E-state index contributed by atoms with van der Waals surface area (Å²) in [5.41, 5.74) is 8.95. The first-order valence-corrected chi connectivity index (χ1v) is 15.2. The molecule has 0 spiro atoms. The molecule has 0 atom stereocenters. The predicted molar refractivity (Wildman–Crippen MR) is 170 cm³/mol. The number of anilines is 1. The third-order valence-corrected chi connectivity index (χ3v) is 8.09. The number of nitrogens with two attached hydrogens (primary N) is 1. The van der Waals surface area contributed by atoms with Gasteiger partial charge >= 0.3 is 0 Å². The largest absolute Gasteiger partial charge is 0.383 e. The van der Waals surface area contributed by atoms with E-state index in [4.69, 9.17) is 10.5 Å². The standard InChI is InChI=1S/C29H34N8O3S2/c1-20(37(3)14-15-40-4)23(18-31-2)36-29(39)27-28(30)34-19-24(35-27)22-10-8-21(9-11-22)17-33-25(38)12-16-41-42-26-7-5-6-13-32-26/h5-11,13,18-19H,1-2,12,14-17H2,3-4H3,(H2,30,34)(H,33,38)(H,36,39)/b23-18+. The van der Waals surface area contributed by atoms with Crippen molar-refractivity contribution in [3.05, 3.63) is 90.3 Å². The van der Waals surface area contributed by atoms with Crippen LogP contribution in [-0.4, -0.2) is 71.4 Å². The van der Waals surface area contributed by atoms with Gasteiger partial charge in [-0.25, -0.2) is 15.0 Å². The maximum atomic E-state index is 13.1. The van der Waals surface area contributed by atoms with Crippen LogP contribution in [0.1, 0.15) is 22.5 Å². The summed E-state index contributed by atoms with van der Waals surface area (Å²) >= 11 is 0. The van der Waals surface area contributed by atoms with Crippen molar-refractivity contribution < 1.29 is 14.3 Å². The summed E-state index contributed by atoms with van der Waals surface area (Å²) in [4.78, 5) is 43.8. The molecule has 11 nitrogen and oxygen atoms in total. The molecule has 3 aromatic rings. The van der Waals surface area contributed by atoms with E-state index < -0.39 is 5.91 Å². The van der Waals surface area contributed by atoms with Crippen LogP contribution in [0.25, 0.3) is 11.3 Å². The number of ether oxygens (including phenoxy) is 1. The lowest BCUT2D eigenvalue weighted by Gasteiger charge is -2.23. The quantitative estimate of drug-likeness (QED) is 0.0948. The van der Waals surface area contributed by atoms with Gasteiger partial charge in [-0.05, 0) is 35.2 Å². The first-order valence-electron chi connectivity index (χ1n) is 12.9. The number of carbonyl (C=O) groups is 2. The molecule has 0 aliphatic carbocycles. The molecule has 13 heteroatoms.